The van der Waals surface area contributed by atoms with Gasteiger partial charge >= 0.3 is 63.8 Å². The van der Waals surface area contributed by atoms with Gasteiger partial charge in [0, 0.05) is 0 Å². The normalized spacial score (nSPS) is 10.0. The molecule has 0 aliphatic heterocycles. The molecular weight excluding hydrogens is 193 g/mol. The Bertz CT molecular complexity index is 253. The van der Waals surface area contributed by atoms with E-state index in [-0.39, 0.29) is 0 Å². The van der Waals surface area contributed by atoms with Gasteiger partial charge in [0.2, 0.25) is 0 Å². The number of nitrogens with zero attached hydrogens (tertiary/aromatic N) is 1. The Labute approximate surface area is 64.3 Å². The van der Waals surface area contributed by atoms with Crippen molar-refractivity contribution in [3.05, 3.63) is 29.7 Å². The summed E-state index contributed by atoms with van der Waals surface area (Å²) in [6.45, 7) is 0. The van der Waals surface area contributed by atoms with Crippen molar-refractivity contribution in [3.8, 4) is 10.1 Å². The van der Waals surface area contributed by atoms with Crippen molar-refractivity contribution in [1.29, 1.82) is 0 Å². The number of furan rings is 1. The Morgan fingerprint density at radius 1 is 1.50 bits per heavy atom. The fraction of sp³-hybridized carbons (Fsp3) is 0. The standard InChI is InChI=1S/C7H5NOSe/c1-3-9-5-6(1)7-8-2-4-10-7/h1-5H. The fourth-order valence-corrected chi connectivity index (χ4v) is 2.06. The first-order valence-electron chi connectivity index (χ1n) is 2.89. The molecule has 50 valence electrons. The molecule has 0 saturated heterocycles. The van der Waals surface area contributed by atoms with Crippen molar-refractivity contribution in [3.63, 3.8) is 0 Å². The minimum absolute atomic E-state index is 0.421. The number of hydrogen-bond acceptors (Lipinski definition) is 2. The number of hydrogen-bond donors (Lipinski definition) is 0. The minimum atomic E-state index is 0.421. The molecule has 2 nitrogen and oxygen atoms in total. The second kappa shape index (κ2) is 2.45. The maximum absolute atomic E-state index is 4.93. The van der Waals surface area contributed by atoms with E-state index in [2.05, 4.69) is 9.92 Å². The molecule has 3 heteroatoms. The van der Waals surface area contributed by atoms with Gasteiger partial charge in [0.05, 0.1) is 0 Å². The van der Waals surface area contributed by atoms with Gasteiger partial charge in [-0.05, 0) is 0 Å². The van der Waals surface area contributed by atoms with Crippen LogP contribution < -0.4 is 0 Å². The molecule has 0 aliphatic rings. The molecule has 0 atom stereocenters. The zero-order valence-corrected chi connectivity index (χ0v) is 6.86. The first-order chi connectivity index (χ1) is 4.97. The summed E-state index contributed by atoms with van der Waals surface area (Å²) in [6.07, 6.45) is 5.25. The van der Waals surface area contributed by atoms with Crippen LogP contribution in [0, 0.1) is 0 Å². The van der Waals surface area contributed by atoms with Crippen molar-refractivity contribution in [2.45, 2.75) is 0 Å². The number of rotatable bonds is 1. The van der Waals surface area contributed by atoms with Crippen LogP contribution in [0.5, 0.6) is 0 Å². The third-order valence-corrected chi connectivity index (χ3v) is 2.93. The van der Waals surface area contributed by atoms with Gasteiger partial charge in [0.25, 0.3) is 0 Å². The molecule has 0 unspecified atom stereocenters. The van der Waals surface area contributed by atoms with Crippen LogP contribution in [0.1, 0.15) is 0 Å². The van der Waals surface area contributed by atoms with Crippen LogP contribution in [0.3, 0.4) is 0 Å². The molecule has 2 aromatic rings. The average molecular weight is 198 g/mol. The molecule has 0 aromatic carbocycles. The van der Waals surface area contributed by atoms with Crippen LogP contribution >= 0.6 is 0 Å². The predicted octanol–water partition coefficient (Wildman–Crippen LogP) is 1.40. The quantitative estimate of drug-likeness (QED) is 0.647. The van der Waals surface area contributed by atoms with Crippen LogP contribution in [0.4, 0.5) is 0 Å². The van der Waals surface area contributed by atoms with Crippen LogP contribution in [-0.2, 0) is 0 Å². The van der Waals surface area contributed by atoms with Crippen LogP contribution in [0.2, 0.25) is 0 Å². The summed E-state index contributed by atoms with van der Waals surface area (Å²) < 4.78 is 6.08. The summed E-state index contributed by atoms with van der Waals surface area (Å²) in [4.78, 5) is 6.27. The van der Waals surface area contributed by atoms with Gasteiger partial charge in [-0.25, -0.2) is 0 Å². The van der Waals surface area contributed by atoms with Crippen LogP contribution in [-0.4, -0.2) is 19.5 Å². The molecule has 2 rings (SSSR count). The summed E-state index contributed by atoms with van der Waals surface area (Å²) in [7, 11) is 0. The Kier molecular flexibility index (Phi) is 1.46. The van der Waals surface area contributed by atoms with Crippen molar-refractivity contribution in [1.82, 2.24) is 4.98 Å². The second-order valence-electron chi connectivity index (χ2n) is 1.85. The fourth-order valence-electron chi connectivity index (χ4n) is 0.752. The third kappa shape index (κ3) is 0.939. The van der Waals surface area contributed by atoms with E-state index < -0.39 is 0 Å². The number of aromatic nitrogens is 1. The molecule has 0 bridgehead atoms. The van der Waals surface area contributed by atoms with Crippen LogP contribution in [0.25, 0.3) is 10.1 Å². The first-order valence-corrected chi connectivity index (χ1v) is 4.73. The van der Waals surface area contributed by atoms with E-state index in [1.165, 1.54) is 0 Å². The maximum atomic E-state index is 4.93. The molecule has 10 heavy (non-hydrogen) atoms. The van der Waals surface area contributed by atoms with E-state index in [9.17, 15) is 0 Å². The van der Waals surface area contributed by atoms with Gasteiger partial charge < -0.3 is 0 Å². The molecule has 0 aliphatic carbocycles. The molecule has 0 amide bonds. The second-order valence-corrected chi connectivity index (χ2v) is 3.73. The zero-order chi connectivity index (χ0) is 6.81. The van der Waals surface area contributed by atoms with Gasteiger partial charge in [0.1, 0.15) is 0 Å². The van der Waals surface area contributed by atoms with E-state index >= 15 is 0 Å². The van der Waals surface area contributed by atoms with E-state index in [1.807, 2.05) is 12.3 Å². The molecule has 0 N–H and O–H groups in total. The van der Waals surface area contributed by atoms with E-state index in [4.69, 9.17) is 4.42 Å². The van der Waals surface area contributed by atoms with Gasteiger partial charge in [0.15, 0.2) is 0 Å². The summed E-state index contributed by atoms with van der Waals surface area (Å²) in [5.74, 6) is 0. The van der Waals surface area contributed by atoms with Crippen molar-refractivity contribution >= 4 is 14.5 Å². The molecule has 0 fully saturated rings. The zero-order valence-electron chi connectivity index (χ0n) is 5.15. The molecule has 2 heterocycles. The Hall–Kier alpha value is -0.791. The Morgan fingerprint density at radius 3 is 3.10 bits per heavy atom. The van der Waals surface area contributed by atoms with Gasteiger partial charge in [-0.1, -0.05) is 0 Å². The van der Waals surface area contributed by atoms with E-state index in [0.29, 0.717) is 14.5 Å². The molecule has 0 saturated carbocycles. The summed E-state index contributed by atoms with van der Waals surface area (Å²) >= 11 is 0.421. The molecular formula is C7H5NOSe. The Morgan fingerprint density at radius 2 is 2.50 bits per heavy atom. The van der Waals surface area contributed by atoms with E-state index in [1.54, 1.807) is 12.5 Å². The van der Waals surface area contributed by atoms with Gasteiger partial charge in [-0.15, -0.1) is 0 Å². The predicted molar refractivity (Wildman–Crippen MR) is 38.9 cm³/mol. The third-order valence-electron chi connectivity index (χ3n) is 1.20. The van der Waals surface area contributed by atoms with Crippen LogP contribution in [0.15, 0.2) is 34.1 Å². The van der Waals surface area contributed by atoms with Crippen molar-refractivity contribution < 1.29 is 4.42 Å². The summed E-state index contributed by atoms with van der Waals surface area (Å²) in [5.41, 5.74) is 1.12. The topological polar surface area (TPSA) is 26.0 Å². The van der Waals surface area contributed by atoms with E-state index in [0.717, 1.165) is 10.1 Å². The van der Waals surface area contributed by atoms with Gasteiger partial charge in [-0.2, -0.15) is 0 Å². The van der Waals surface area contributed by atoms with Gasteiger partial charge in [-0.3, -0.25) is 0 Å². The molecule has 0 radical (unpaired) electrons. The average Bonchev–Trinajstić information content (AvgIpc) is 2.59. The molecule has 2 aromatic heterocycles. The Balaban J connectivity index is 2.48. The van der Waals surface area contributed by atoms with Crippen molar-refractivity contribution in [2.75, 3.05) is 0 Å². The summed E-state index contributed by atoms with van der Waals surface area (Å²) in [5, 5.41) is 0. The summed E-state index contributed by atoms with van der Waals surface area (Å²) in [6, 6.07) is 1.94. The SMILES string of the molecule is c1c[se]c(-c2ccoc2)n1. The first kappa shape index (κ1) is 5.95. The molecule has 0 spiro atoms. The monoisotopic (exact) mass is 199 g/mol. The van der Waals surface area contributed by atoms with Crippen molar-refractivity contribution in [2.24, 2.45) is 0 Å².